The normalized spacial score (nSPS) is 17.2. The number of anilines is 2. The Morgan fingerprint density at radius 2 is 1.92 bits per heavy atom. The Kier molecular flexibility index (Phi) is 5.95. The first kappa shape index (κ1) is 18.0. The van der Waals surface area contributed by atoms with Crippen molar-refractivity contribution in [2.24, 2.45) is 11.8 Å². The molecule has 0 bridgehead atoms. The second-order valence-electron chi connectivity index (χ2n) is 6.61. The Hall–Kier alpha value is -2.37. The molecule has 1 aliphatic heterocycles. The van der Waals surface area contributed by atoms with Crippen molar-refractivity contribution in [1.82, 2.24) is 5.32 Å². The van der Waals surface area contributed by atoms with Gasteiger partial charge < -0.3 is 15.5 Å². The van der Waals surface area contributed by atoms with Crippen molar-refractivity contribution in [3.8, 4) is 0 Å². The molecule has 1 fully saturated rings. The number of hydrogen-bond acceptors (Lipinski definition) is 3. The predicted molar refractivity (Wildman–Crippen MR) is 93.7 cm³/mol. The summed E-state index contributed by atoms with van der Waals surface area (Å²) in [7, 11) is 0. The molecule has 3 amide bonds. The van der Waals surface area contributed by atoms with Gasteiger partial charge in [-0.15, -0.1) is 0 Å². The molecule has 1 aliphatic rings. The number of carbonyl (C=O) groups excluding carboxylic acids is 3. The van der Waals surface area contributed by atoms with Gasteiger partial charge in [0.1, 0.15) is 0 Å². The van der Waals surface area contributed by atoms with Gasteiger partial charge in [0.05, 0.1) is 5.92 Å². The summed E-state index contributed by atoms with van der Waals surface area (Å²) in [6.45, 7) is 6.70. The van der Waals surface area contributed by atoms with Gasteiger partial charge in [-0.05, 0) is 36.6 Å². The summed E-state index contributed by atoms with van der Waals surface area (Å²) < 4.78 is 0. The molecule has 1 atom stereocenters. The van der Waals surface area contributed by atoms with Gasteiger partial charge in [-0.25, -0.2) is 0 Å². The summed E-state index contributed by atoms with van der Waals surface area (Å²) in [5, 5.41) is 5.60. The van der Waals surface area contributed by atoms with Crippen molar-refractivity contribution in [3.63, 3.8) is 0 Å². The molecule has 0 radical (unpaired) electrons. The Balaban J connectivity index is 1.94. The van der Waals surface area contributed by atoms with Gasteiger partial charge in [-0.1, -0.05) is 13.8 Å². The fourth-order valence-electron chi connectivity index (χ4n) is 2.69. The van der Waals surface area contributed by atoms with E-state index in [1.54, 1.807) is 29.2 Å². The number of benzene rings is 1. The van der Waals surface area contributed by atoms with E-state index in [1.165, 1.54) is 6.92 Å². The molecule has 6 nitrogen and oxygen atoms in total. The Morgan fingerprint density at radius 1 is 1.25 bits per heavy atom. The molecule has 1 aromatic carbocycles. The minimum Gasteiger partial charge on any atom is -0.356 e. The highest BCUT2D eigenvalue weighted by atomic mass is 16.2. The third-order valence-electron chi connectivity index (χ3n) is 4.02. The molecule has 0 spiro atoms. The number of amides is 3. The molecule has 130 valence electrons. The quantitative estimate of drug-likeness (QED) is 0.838. The fraction of sp³-hybridized carbons (Fsp3) is 0.500. The van der Waals surface area contributed by atoms with E-state index in [0.717, 1.165) is 12.1 Å². The number of rotatable bonds is 6. The molecule has 0 aliphatic carbocycles. The SMILES string of the molecule is CC(=O)Nc1ccc(N2CC(C(=O)NCCC(C)C)CC2=O)cc1. The number of hydrogen-bond donors (Lipinski definition) is 2. The van der Waals surface area contributed by atoms with Crippen molar-refractivity contribution in [2.45, 2.75) is 33.6 Å². The Morgan fingerprint density at radius 3 is 2.50 bits per heavy atom. The summed E-state index contributed by atoms with van der Waals surface area (Å²) >= 11 is 0. The molecule has 24 heavy (non-hydrogen) atoms. The van der Waals surface area contributed by atoms with Crippen LogP contribution in [0.4, 0.5) is 11.4 Å². The van der Waals surface area contributed by atoms with E-state index >= 15 is 0 Å². The highest BCUT2D eigenvalue weighted by Crippen LogP contribution is 2.26. The summed E-state index contributed by atoms with van der Waals surface area (Å²) in [5.41, 5.74) is 1.42. The van der Waals surface area contributed by atoms with Crippen molar-refractivity contribution >= 4 is 29.1 Å². The van der Waals surface area contributed by atoms with E-state index in [1.807, 2.05) is 0 Å². The molecule has 2 rings (SSSR count). The summed E-state index contributed by atoms with van der Waals surface area (Å²) in [6.07, 6.45) is 1.17. The zero-order chi connectivity index (χ0) is 17.7. The van der Waals surface area contributed by atoms with Crippen molar-refractivity contribution in [1.29, 1.82) is 0 Å². The summed E-state index contributed by atoms with van der Waals surface area (Å²) in [4.78, 5) is 37.1. The first-order valence-electron chi connectivity index (χ1n) is 8.32. The largest absolute Gasteiger partial charge is 0.356 e. The standard InChI is InChI=1S/C18H25N3O3/c1-12(2)8-9-19-18(24)14-10-17(23)21(11-14)16-6-4-15(5-7-16)20-13(3)22/h4-7,12,14H,8-11H2,1-3H3,(H,19,24)(H,20,22). The minimum absolute atomic E-state index is 0.0497. The predicted octanol–water partition coefficient (Wildman–Crippen LogP) is 2.16. The molecule has 1 heterocycles. The molecular formula is C18H25N3O3. The lowest BCUT2D eigenvalue weighted by Crippen LogP contribution is -2.33. The topological polar surface area (TPSA) is 78.5 Å². The number of nitrogens with zero attached hydrogens (tertiary/aromatic N) is 1. The van der Waals surface area contributed by atoms with Crippen LogP contribution in [0, 0.1) is 11.8 Å². The van der Waals surface area contributed by atoms with Crippen LogP contribution in [-0.4, -0.2) is 30.8 Å². The molecule has 1 unspecified atom stereocenters. The Bertz CT molecular complexity index is 610. The maximum Gasteiger partial charge on any atom is 0.227 e. The molecule has 0 aromatic heterocycles. The lowest BCUT2D eigenvalue weighted by Gasteiger charge is -2.17. The fourth-order valence-corrected chi connectivity index (χ4v) is 2.69. The van der Waals surface area contributed by atoms with Gasteiger partial charge in [-0.2, -0.15) is 0 Å². The van der Waals surface area contributed by atoms with E-state index in [9.17, 15) is 14.4 Å². The molecular weight excluding hydrogens is 306 g/mol. The zero-order valence-electron chi connectivity index (χ0n) is 14.5. The van der Waals surface area contributed by atoms with Crippen LogP contribution >= 0.6 is 0 Å². The van der Waals surface area contributed by atoms with Crippen molar-refractivity contribution < 1.29 is 14.4 Å². The van der Waals surface area contributed by atoms with Crippen LogP contribution in [0.5, 0.6) is 0 Å². The second kappa shape index (κ2) is 7.95. The lowest BCUT2D eigenvalue weighted by molar-refractivity contribution is -0.126. The average Bonchev–Trinajstić information content (AvgIpc) is 2.89. The molecule has 6 heteroatoms. The van der Waals surface area contributed by atoms with Gasteiger partial charge >= 0.3 is 0 Å². The van der Waals surface area contributed by atoms with E-state index in [-0.39, 0.29) is 30.1 Å². The van der Waals surface area contributed by atoms with Crippen molar-refractivity contribution in [2.75, 3.05) is 23.3 Å². The monoisotopic (exact) mass is 331 g/mol. The van der Waals surface area contributed by atoms with Gasteiger partial charge in [0.2, 0.25) is 17.7 Å². The van der Waals surface area contributed by atoms with Gasteiger partial charge in [-0.3, -0.25) is 14.4 Å². The van der Waals surface area contributed by atoms with E-state index in [2.05, 4.69) is 24.5 Å². The average molecular weight is 331 g/mol. The van der Waals surface area contributed by atoms with Gasteiger partial charge in [0.25, 0.3) is 0 Å². The number of carbonyl (C=O) groups is 3. The van der Waals surface area contributed by atoms with E-state index < -0.39 is 0 Å². The van der Waals surface area contributed by atoms with Crippen LogP contribution in [0.1, 0.15) is 33.6 Å². The maximum absolute atomic E-state index is 12.2. The molecule has 2 N–H and O–H groups in total. The molecule has 0 saturated carbocycles. The highest BCUT2D eigenvalue weighted by molar-refractivity contribution is 6.00. The molecule has 1 aromatic rings. The second-order valence-corrected chi connectivity index (χ2v) is 6.61. The summed E-state index contributed by atoms with van der Waals surface area (Å²) in [5.74, 6) is -0.0143. The van der Waals surface area contributed by atoms with Crippen LogP contribution < -0.4 is 15.5 Å². The lowest BCUT2D eigenvalue weighted by atomic mass is 10.1. The smallest absolute Gasteiger partial charge is 0.227 e. The minimum atomic E-state index is -0.306. The van der Waals surface area contributed by atoms with E-state index in [0.29, 0.717) is 24.7 Å². The van der Waals surface area contributed by atoms with Gasteiger partial charge in [0, 0.05) is 37.8 Å². The van der Waals surface area contributed by atoms with Crippen LogP contribution in [0.3, 0.4) is 0 Å². The van der Waals surface area contributed by atoms with Crippen LogP contribution in [0.2, 0.25) is 0 Å². The first-order valence-corrected chi connectivity index (χ1v) is 8.32. The van der Waals surface area contributed by atoms with Crippen molar-refractivity contribution in [3.05, 3.63) is 24.3 Å². The number of nitrogens with one attached hydrogen (secondary N) is 2. The third kappa shape index (κ3) is 4.81. The zero-order valence-corrected chi connectivity index (χ0v) is 14.5. The first-order chi connectivity index (χ1) is 11.4. The van der Waals surface area contributed by atoms with Crippen LogP contribution in [0.15, 0.2) is 24.3 Å². The van der Waals surface area contributed by atoms with Gasteiger partial charge in [0.15, 0.2) is 0 Å². The maximum atomic E-state index is 12.2. The third-order valence-corrected chi connectivity index (χ3v) is 4.02. The molecule has 1 saturated heterocycles. The Labute approximate surface area is 142 Å². The van der Waals surface area contributed by atoms with Crippen LogP contribution in [-0.2, 0) is 14.4 Å². The highest BCUT2D eigenvalue weighted by Gasteiger charge is 2.34. The summed E-state index contributed by atoms with van der Waals surface area (Å²) in [6, 6.07) is 7.06. The van der Waals surface area contributed by atoms with Crippen LogP contribution in [0.25, 0.3) is 0 Å². The van der Waals surface area contributed by atoms with E-state index in [4.69, 9.17) is 0 Å².